The van der Waals surface area contributed by atoms with E-state index in [1.165, 1.54) is 0 Å². The summed E-state index contributed by atoms with van der Waals surface area (Å²) in [5.74, 6) is -1.08. The Bertz CT molecular complexity index is 462. The van der Waals surface area contributed by atoms with Crippen LogP contribution in [0.5, 0.6) is 0 Å². The van der Waals surface area contributed by atoms with E-state index >= 15 is 0 Å². The number of hydrogen-bond donors (Lipinski definition) is 3. The standard InChI is InChI=1S/C15H23N3O3/c1-3-21-11(2)10-17-15(19)13(14(16)18-20)9-12-7-5-4-6-8-12/h4-8,11,13,20H,3,9-10H2,1-2H3,(H2,16,18)(H,17,19). The molecular weight excluding hydrogens is 270 g/mol. The van der Waals surface area contributed by atoms with Crippen LogP contribution in [0.2, 0.25) is 0 Å². The highest BCUT2D eigenvalue weighted by Crippen LogP contribution is 2.09. The Balaban J connectivity index is 2.67. The lowest BCUT2D eigenvalue weighted by Gasteiger charge is -2.18. The highest BCUT2D eigenvalue weighted by Gasteiger charge is 2.23. The molecule has 116 valence electrons. The molecule has 2 unspecified atom stereocenters. The second-order valence-corrected chi connectivity index (χ2v) is 4.78. The molecule has 0 aromatic heterocycles. The summed E-state index contributed by atoms with van der Waals surface area (Å²) < 4.78 is 5.35. The number of nitrogens with two attached hydrogens (primary N) is 1. The van der Waals surface area contributed by atoms with E-state index in [1.54, 1.807) is 0 Å². The highest BCUT2D eigenvalue weighted by molar-refractivity contribution is 6.02. The van der Waals surface area contributed by atoms with Crippen LogP contribution < -0.4 is 11.1 Å². The highest BCUT2D eigenvalue weighted by atomic mass is 16.5. The molecule has 0 bridgehead atoms. The van der Waals surface area contributed by atoms with E-state index in [2.05, 4.69) is 10.5 Å². The Morgan fingerprint density at radius 2 is 2.10 bits per heavy atom. The Kier molecular flexibility index (Phi) is 7.25. The number of rotatable bonds is 8. The van der Waals surface area contributed by atoms with Gasteiger partial charge in [0.1, 0.15) is 5.92 Å². The minimum atomic E-state index is -0.703. The molecule has 1 rings (SSSR count). The van der Waals surface area contributed by atoms with Gasteiger partial charge in [-0.25, -0.2) is 0 Å². The number of carbonyl (C=O) groups is 1. The van der Waals surface area contributed by atoms with Crippen LogP contribution in [-0.2, 0) is 16.0 Å². The fourth-order valence-electron chi connectivity index (χ4n) is 1.96. The number of carbonyl (C=O) groups excluding carboxylic acids is 1. The van der Waals surface area contributed by atoms with Gasteiger partial charge in [-0.2, -0.15) is 0 Å². The molecule has 1 aromatic rings. The second kappa shape index (κ2) is 8.97. The minimum absolute atomic E-state index is 0.0800. The molecule has 0 spiro atoms. The van der Waals surface area contributed by atoms with E-state index in [1.807, 2.05) is 44.2 Å². The van der Waals surface area contributed by atoms with E-state index in [0.29, 0.717) is 19.6 Å². The van der Waals surface area contributed by atoms with Gasteiger partial charge >= 0.3 is 0 Å². The van der Waals surface area contributed by atoms with Crippen LogP contribution in [0.3, 0.4) is 0 Å². The van der Waals surface area contributed by atoms with Crippen molar-refractivity contribution < 1.29 is 14.7 Å². The van der Waals surface area contributed by atoms with E-state index in [-0.39, 0.29) is 17.8 Å². The quantitative estimate of drug-likeness (QED) is 0.290. The predicted molar refractivity (Wildman–Crippen MR) is 81.1 cm³/mol. The fraction of sp³-hybridized carbons (Fsp3) is 0.467. The molecule has 2 atom stereocenters. The Hall–Kier alpha value is -2.08. The Labute approximate surface area is 125 Å². The van der Waals surface area contributed by atoms with E-state index < -0.39 is 5.92 Å². The number of oxime groups is 1. The van der Waals surface area contributed by atoms with Crippen LogP contribution in [0, 0.1) is 5.92 Å². The number of nitrogens with one attached hydrogen (secondary N) is 1. The van der Waals surface area contributed by atoms with Gasteiger partial charge < -0.3 is 21.0 Å². The van der Waals surface area contributed by atoms with Crippen LogP contribution in [0.4, 0.5) is 0 Å². The molecule has 1 aromatic carbocycles. The van der Waals surface area contributed by atoms with Gasteiger partial charge in [0.2, 0.25) is 5.91 Å². The van der Waals surface area contributed by atoms with Crippen LogP contribution in [0.25, 0.3) is 0 Å². The van der Waals surface area contributed by atoms with E-state index in [9.17, 15) is 4.79 Å². The van der Waals surface area contributed by atoms with Crippen molar-refractivity contribution in [3.05, 3.63) is 35.9 Å². The maximum atomic E-state index is 12.2. The number of nitrogens with zero attached hydrogens (tertiary/aromatic N) is 1. The smallest absolute Gasteiger partial charge is 0.231 e. The summed E-state index contributed by atoms with van der Waals surface area (Å²) in [6.07, 6.45) is 0.301. The molecule has 0 radical (unpaired) electrons. The normalized spacial score (nSPS) is 14.5. The number of amidine groups is 1. The van der Waals surface area contributed by atoms with Gasteiger partial charge in [-0.15, -0.1) is 0 Å². The van der Waals surface area contributed by atoms with Crippen molar-refractivity contribution in [2.24, 2.45) is 16.8 Å². The molecule has 6 nitrogen and oxygen atoms in total. The van der Waals surface area contributed by atoms with Crippen molar-refractivity contribution in [3.8, 4) is 0 Å². The molecule has 0 fully saturated rings. The topological polar surface area (TPSA) is 96.9 Å². The van der Waals surface area contributed by atoms with E-state index in [4.69, 9.17) is 15.7 Å². The SMILES string of the molecule is CCOC(C)CNC(=O)C(Cc1ccccc1)/C(N)=N/O. The molecule has 1 amide bonds. The molecular formula is C15H23N3O3. The lowest BCUT2D eigenvalue weighted by atomic mass is 9.97. The summed E-state index contributed by atoms with van der Waals surface area (Å²) in [5, 5.41) is 14.6. The zero-order valence-electron chi connectivity index (χ0n) is 12.5. The van der Waals surface area contributed by atoms with Gasteiger partial charge in [0.05, 0.1) is 6.10 Å². The van der Waals surface area contributed by atoms with Crippen molar-refractivity contribution in [1.82, 2.24) is 5.32 Å². The average molecular weight is 293 g/mol. The summed E-state index contributed by atoms with van der Waals surface area (Å²) in [4.78, 5) is 12.2. The lowest BCUT2D eigenvalue weighted by molar-refractivity contribution is -0.123. The molecule has 0 aliphatic carbocycles. The lowest BCUT2D eigenvalue weighted by Crippen LogP contribution is -2.42. The van der Waals surface area contributed by atoms with Gasteiger partial charge in [0, 0.05) is 13.2 Å². The predicted octanol–water partition coefficient (Wildman–Crippen LogP) is 1.13. The number of ether oxygens (including phenoxy) is 1. The Morgan fingerprint density at radius 1 is 1.43 bits per heavy atom. The van der Waals surface area contributed by atoms with Gasteiger partial charge in [-0.3, -0.25) is 4.79 Å². The molecule has 0 aliphatic rings. The fourth-order valence-corrected chi connectivity index (χ4v) is 1.96. The van der Waals surface area contributed by atoms with Crippen LogP contribution in [0.1, 0.15) is 19.4 Å². The first-order valence-corrected chi connectivity index (χ1v) is 6.99. The van der Waals surface area contributed by atoms with Gasteiger partial charge in [0.15, 0.2) is 5.84 Å². The Morgan fingerprint density at radius 3 is 2.67 bits per heavy atom. The average Bonchev–Trinajstić information content (AvgIpc) is 2.51. The van der Waals surface area contributed by atoms with Crippen molar-refractivity contribution in [2.75, 3.05) is 13.2 Å². The van der Waals surface area contributed by atoms with Crippen molar-refractivity contribution >= 4 is 11.7 Å². The van der Waals surface area contributed by atoms with Crippen LogP contribution in [-0.4, -0.2) is 36.2 Å². The summed E-state index contributed by atoms with van der Waals surface area (Å²) in [6.45, 7) is 4.74. The second-order valence-electron chi connectivity index (χ2n) is 4.78. The molecule has 0 heterocycles. The minimum Gasteiger partial charge on any atom is -0.409 e. The van der Waals surface area contributed by atoms with Gasteiger partial charge in [0.25, 0.3) is 0 Å². The summed E-state index contributed by atoms with van der Waals surface area (Å²) in [6, 6.07) is 9.45. The van der Waals surface area contributed by atoms with Gasteiger partial charge in [-0.1, -0.05) is 35.5 Å². The first-order chi connectivity index (χ1) is 10.1. The third kappa shape index (κ3) is 5.83. The largest absolute Gasteiger partial charge is 0.409 e. The first-order valence-electron chi connectivity index (χ1n) is 6.99. The number of amides is 1. The van der Waals surface area contributed by atoms with Crippen LogP contribution in [0.15, 0.2) is 35.5 Å². The molecule has 0 saturated carbocycles. The number of benzene rings is 1. The first kappa shape index (κ1) is 17.0. The van der Waals surface area contributed by atoms with Crippen molar-refractivity contribution in [3.63, 3.8) is 0 Å². The zero-order chi connectivity index (χ0) is 15.7. The third-order valence-electron chi connectivity index (χ3n) is 3.09. The zero-order valence-corrected chi connectivity index (χ0v) is 12.5. The monoisotopic (exact) mass is 293 g/mol. The molecule has 0 saturated heterocycles. The van der Waals surface area contributed by atoms with Crippen molar-refractivity contribution in [2.45, 2.75) is 26.4 Å². The number of hydrogen-bond acceptors (Lipinski definition) is 4. The molecule has 6 heteroatoms. The maximum Gasteiger partial charge on any atom is 0.231 e. The maximum absolute atomic E-state index is 12.2. The molecule has 0 aliphatic heterocycles. The van der Waals surface area contributed by atoms with E-state index in [0.717, 1.165) is 5.56 Å². The molecule has 21 heavy (non-hydrogen) atoms. The van der Waals surface area contributed by atoms with Crippen molar-refractivity contribution in [1.29, 1.82) is 0 Å². The third-order valence-corrected chi connectivity index (χ3v) is 3.09. The van der Waals surface area contributed by atoms with Crippen LogP contribution >= 0.6 is 0 Å². The summed E-state index contributed by atoms with van der Waals surface area (Å²) in [5.41, 5.74) is 6.59. The van der Waals surface area contributed by atoms with Gasteiger partial charge in [-0.05, 0) is 25.8 Å². The summed E-state index contributed by atoms with van der Waals surface area (Å²) in [7, 11) is 0. The molecule has 4 N–H and O–H groups in total. The summed E-state index contributed by atoms with van der Waals surface area (Å²) >= 11 is 0.